The second kappa shape index (κ2) is 6.50. The summed E-state index contributed by atoms with van der Waals surface area (Å²) in [7, 11) is 0. The van der Waals surface area contributed by atoms with Crippen LogP contribution in [0.5, 0.6) is 0 Å². The molecule has 1 aromatic heterocycles. The first-order valence-corrected chi connectivity index (χ1v) is 7.32. The Hall–Kier alpha value is -2.86. The molecular weight excluding hydrogens is 314 g/mol. The number of halogens is 1. The normalized spacial score (nSPS) is 10.3. The van der Waals surface area contributed by atoms with Crippen LogP contribution in [0.2, 0.25) is 5.02 Å². The highest BCUT2D eigenvalue weighted by Gasteiger charge is 2.11. The van der Waals surface area contributed by atoms with E-state index in [1.54, 1.807) is 31.2 Å². The molecule has 0 aliphatic heterocycles. The third-order valence-corrected chi connectivity index (χ3v) is 3.49. The summed E-state index contributed by atoms with van der Waals surface area (Å²) in [4.78, 5) is 20.5. The zero-order valence-corrected chi connectivity index (χ0v) is 13.1. The van der Waals surface area contributed by atoms with Gasteiger partial charge < -0.3 is 0 Å². The lowest BCUT2D eigenvalue weighted by molar-refractivity contribution is 0.813. The Morgan fingerprint density at radius 2 is 1.65 bits per heavy atom. The minimum atomic E-state index is -0.456. The molecule has 0 unspecified atom stereocenters. The van der Waals surface area contributed by atoms with Gasteiger partial charge in [-0.25, -0.2) is 9.36 Å². The van der Waals surface area contributed by atoms with E-state index in [1.807, 2.05) is 30.3 Å². The SMILES string of the molecule is Cc1nc(NNc2ccccc2)nc(=O)n1-c1ccccc1Cl. The van der Waals surface area contributed by atoms with Gasteiger partial charge in [0.2, 0.25) is 5.95 Å². The first-order valence-electron chi connectivity index (χ1n) is 6.95. The number of para-hydroxylation sites is 2. The molecule has 0 atom stereocenters. The van der Waals surface area contributed by atoms with Crippen LogP contribution >= 0.6 is 11.6 Å². The van der Waals surface area contributed by atoms with Crippen LogP contribution in [0, 0.1) is 6.92 Å². The molecule has 3 rings (SSSR count). The second-order valence-electron chi connectivity index (χ2n) is 4.78. The summed E-state index contributed by atoms with van der Waals surface area (Å²) in [5.41, 5.74) is 6.69. The van der Waals surface area contributed by atoms with Crippen molar-refractivity contribution in [2.75, 3.05) is 10.9 Å². The zero-order chi connectivity index (χ0) is 16.2. The topological polar surface area (TPSA) is 71.8 Å². The van der Waals surface area contributed by atoms with Crippen LogP contribution in [0.1, 0.15) is 5.82 Å². The number of hydrogen-bond donors (Lipinski definition) is 2. The smallest absolute Gasteiger partial charge is 0.298 e. The summed E-state index contributed by atoms with van der Waals surface area (Å²) in [5.74, 6) is 0.676. The number of benzene rings is 2. The van der Waals surface area contributed by atoms with Crippen LogP contribution in [0.15, 0.2) is 59.4 Å². The molecule has 0 aliphatic rings. The van der Waals surface area contributed by atoms with Crippen molar-refractivity contribution in [1.82, 2.24) is 14.5 Å². The molecule has 0 fully saturated rings. The minimum absolute atomic E-state index is 0.194. The van der Waals surface area contributed by atoms with E-state index in [4.69, 9.17) is 11.6 Å². The molecule has 0 aliphatic carbocycles. The molecule has 116 valence electrons. The van der Waals surface area contributed by atoms with Gasteiger partial charge in [-0.05, 0) is 31.2 Å². The van der Waals surface area contributed by atoms with Crippen molar-refractivity contribution in [3.63, 3.8) is 0 Å². The first-order chi connectivity index (χ1) is 11.1. The Labute approximate surface area is 137 Å². The Morgan fingerprint density at radius 3 is 2.35 bits per heavy atom. The zero-order valence-electron chi connectivity index (χ0n) is 12.3. The number of aryl methyl sites for hydroxylation is 1. The maximum atomic E-state index is 12.3. The molecule has 2 aromatic carbocycles. The van der Waals surface area contributed by atoms with E-state index in [0.717, 1.165) is 5.69 Å². The lowest BCUT2D eigenvalue weighted by Gasteiger charge is -2.12. The number of aromatic nitrogens is 3. The summed E-state index contributed by atoms with van der Waals surface area (Å²) in [6, 6.07) is 16.5. The molecule has 0 spiro atoms. The van der Waals surface area contributed by atoms with E-state index in [0.29, 0.717) is 16.5 Å². The molecule has 0 saturated heterocycles. The highest BCUT2D eigenvalue weighted by molar-refractivity contribution is 6.32. The van der Waals surface area contributed by atoms with Gasteiger partial charge >= 0.3 is 5.69 Å². The minimum Gasteiger partial charge on any atom is -0.298 e. The predicted molar refractivity (Wildman–Crippen MR) is 91.1 cm³/mol. The van der Waals surface area contributed by atoms with Gasteiger partial charge in [0, 0.05) is 0 Å². The molecule has 0 saturated carbocycles. The van der Waals surface area contributed by atoms with E-state index in [-0.39, 0.29) is 5.95 Å². The summed E-state index contributed by atoms with van der Waals surface area (Å²) < 4.78 is 1.37. The number of hydrazine groups is 1. The number of rotatable bonds is 4. The van der Waals surface area contributed by atoms with Crippen molar-refractivity contribution < 1.29 is 0 Å². The molecule has 0 bridgehead atoms. The van der Waals surface area contributed by atoms with E-state index >= 15 is 0 Å². The summed E-state index contributed by atoms with van der Waals surface area (Å²) in [5, 5.41) is 0.462. The van der Waals surface area contributed by atoms with E-state index in [2.05, 4.69) is 20.8 Å². The van der Waals surface area contributed by atoms with Crippen LogP contribution in [0.25, 0.3) is 5.69 Å². The van der Waals surface area contributed by atoms with Gasteiger partial charge in [0.1, 0.15) is 5.82 Å². The summed E-state index contributed by atoms with van der Waals surface area (Å²) in [6.45, 7) is 1.72. The molecule has 0 radical (unpaired) electrons. The Morgan fingerprint density at radius 1 is 0.957 bits per heavy atom. The Kier molecular flexibility index (Phi) is 4.25. The van der Waals surface area contributed by atoms with Crippen LogP contribution in [0.3, 0.4) is 0 Å². The van der Waals surface area contributed by atoms with Gasteiger partial charge in [0.25, 0.3) is 0 Å². The lowest BCUT2D eigenvalue weighted by atomic mass is 10.3. The van der Waals surface area contributed by atoms with Crippen molar-refractivity contribution in [3.05, 3.63) is 75.9 Å². The van der Waals surface area contributed by atoms with Gasteiger partial charge in [0.05, 0.1) is 16.4 Å². The van der Waals surface area contributed by atoms with Gasteiger partial charge in [-0.3, -0.25) is 10.9 Å². The molecular formula is C16H14ClN5O. The highest BCUT2D eigenvalue weighted by Crippen LogP contribution is 2.19. The maximum absolute atomic E-state index is 12.3. The van der Waals surface area contributed by atoms with Gasteiger partial charge in [-0.2, -0.15) is 9.97 Å². The average molecular weight is 328 g/mol. The van der Waals surface area contributed by atoms with Crippen molar-refractivity contribution in [2.45, 2.75) is 6.92 Å². The van der Waals surface area contributed by atoms with Crippen LogP contribution in [0.4, 0.5) is 11.6 Å². The maximum Gasteiger partial charge on any atom is 0.356 e. The molecule has 1 heterocycles. The van der Waals surface area contributed by atoms with Crippen LogP contribution < -0.4 is 16.5 Å². The largest absolute Gasteiger partial charge is 0.356 e. The predicted octanol–water partition coefficient (Wildman–Crippen LogP) is 3.03. The first kappa shape index (κ1) is 15.1. The number of nitrogens with one attached hydrogen (secondary N) is 2. The third kappa shape index (κ3) is 3.32. The monoisotopic (exact) mass is 327 g/mol. The third-order valence-electron chi connectivity index (χ3n) is 3.17. The fourth-order valence-corrected chi connectivity index (χ4v) is 2.34. The quantitative estimate of drug-likeness (QED) is 0.721. The summed E-state index contributed by atoms with van der Waals surface area (Å²) in [6.07, 6.45) is 0. The van der Waals surface area contributed by atoms with E-state index in [1.165, 1.54) is 4.57 Å². The molecule has 7 heteroatoms. The van der Waals surface area contributed by atoms with Gasteiger partial charge in [-0.15, -0.1) is 0 Å². The fraction of sp³-hybridized carbons (Fsp3) is 0.0625. The standard InChI is InChI=1S/C16H14ClN5O/c1-11-18-15(21-20-12-7-3-2-4-8-12)19-16(23)22(11)14-10-6-5-9-13(14)17/h2-10,20H,1H3,(H,19,21,23). The second-order valence-corrected chi connectivity index (χ2v) is 5.19. The fourth-order valence-electron chi connectivity index (χ4n) is 2.12. The van der Waals surface area contributed by atoms with Gasteiger partial charge in [0.15, 0.2) is 0 Å². The average Bonchev–Trinajstić information content (AvgIpc) is 2.55. The molecule has 3 aromatic rings. The molecule has 6 nitrogen and oxygen atoms in total. The van der Waals surface area contributed by atoms with Crippen LogP contribution in [-0.4, -0.2) is 14.5 Å². The lowest BCUT2D eigenvalue weighted by Crippen LogP contribution is -2.27. The van der Waals surface area contributed by atoms with Crippen molar-refractivity contribution in [3.8, 4) is 5.69 Å². The number of hydrogen-bond acceptors (Lipinski definition) is 5. The molecule has 2 N–H and O–H groups in total. The Bertz CT molecular complexity index is 879. The van der Waals surface area contributed by atoms with Gasteiger partial charge in [-0.1, -0.05) is 41.9 Å². The van der Waals surface area contributed by atoms with Crippen molar-refractivity contribution in [1.29, 1.82) is 0 Å². The van der Waals surface area contributed by atoms with E-state index < -0.39 is 5.69 Å². The highest BCUT2D eigenvalue weighted by atomic mass is 35.5. The summed E-state index contributed by atoms with van der Waals surface area (Å²) >= 11 is 6.14. The van der Waals surface area contributed by atoms with Crippen molar-refractivity contribution >= 4 is 23.2 Å². The van der Waals surface area contributed by atoms with Crippen LogP contribution in [-0.2, 0) is 0 Å². The number of anilines is 2. The molecule has 0 amide bonds. The van der Waals surface area contributed by atoms with Crippen molar-refractivity contribution in [2.24, 2.45) is 0 Å². The van der Waals surface area contributed by atoms with E-state index in [9.17, 15) is 4.79 Å². The number of nitrogens with zero attached hydrogens (tertiary/aromatic N) is 3. The molecule has 23 heavy (non-hydrogen) atoms. The Balaban J connectivity index is 1.89.